The third-order valence-electron chi connectivity index (χ3n) is 3.46. The van der Waals surface area contributed by atoms with Gasteiger partial charge in [0.2, 0.25) is 11.7 Å². The van der Waals surface area contributed by atoms with E-state index >= 15 is 0 Å². The van der Waals surface area contributed by atoms with Crippen molar-refractivity contribution in [1.29, 1.82) is 0 Å². The van der Waals surface area contributed by atoms with E-state index < -0.39 is 5.54 Å². The van der Waals surface area contributed by atoms with Crippen molar-refractivity contribution >= 4 is 0 Å². The Bertz CT molecular complexity index is 382. The van der Waals surface area contributed by atoms with Crippen LogP contribution in [0, 0.1) is 0 Å². The fraction of sp³-hybridized carbons (Fsp3) is 0.846. The van der Waals surface area contributed by atoms with Gasteiger partial charge in [-0.3, -0.25) is 0 Å². The third-order valence-corrected chi connectivity index (χ3v) is 3.46. The summed E-state index contributed by atoms with van der Waals surface area (Å²) in [6.07, 6.45) is 3.21. The average molecular weight is 269 g/mol. The molecule has 2 N–H and O–H groups in total. The predicted octanol–water partition coefficient (Wildman–Crippen LogP) is 1.91. The van der Waals surface area contributed by atoms with Gasteiger partial charge in [-0.2, -0.15) is 4.98 Å². The van der Waals surface area contributed by atoms with Gasteiger partial charge in [-0.15, -0.1) is 0 Å². The Balaban J connectivity index is 2.12. The highest BCUT2D eigenvalue weighted by Gasteiger charge is 2.36. The fourth-order valence-corrected chi connectivity index (χ4v) is 2.27. The van der Waals surface area contributed by atoms with E-state index in [0.717, 1.165) is 12.8 Å². The molecule has 1 aliphatic rings. The van der Waals surface area contributed by atoms with Crippen LogP contribution in [0.4, 0.5) is 0 Å². The standard InChI is InChI=1S/C13H23N3O3/c1-3-5-10(18-4-2)11-15-12(19-16-11)13(14)6-8-17-9-7-13/h10H,3-9,14H2,1-2H3. The molecule has 6 nitrogen and oxygen atoms in total. The molecular formula is C13H23N3O3. The van der Waals surface area contributed by atoms with Crippen LogP contribution in [0.2, 0.25) is 0 Å². The van der Waals surface area contributed by atoms with Crippen LogP contribution in [0.5, 0.6) is 0 Å². The van der Waals surface area contributed by atoms with Gasteiger partial charge >= 0.3 is 0 Å². The molecule has 0 amide bonds. The summed E-state index contributed by atoms with van der Waals surface area (Å²) in [4.78, 5) is 4.46. The van der Waals surface area contributed by atoms with Crippen LogP contribution in [-0.2, 0) is 15.0 Å². The molecule has 0 saturated carbocycles. The molecule has 0 spiro atoms. The maximum atomic E-state index is 6.32. The number of nitrogens with two attached hydrogens (primary N) is 1. The molecule has 2 heterocycles. The lowest BCUT2D eigenvalue weighted by atomic mass is 9.91. The Hall–Kier alpha value is -0.980. The van der Waals surface area contributed by atoms with Crippen molar-refractivity contribution < 1.29 is 14.0 Å². The highest BCUT2D eigenvalue weighted by molar-refractivity contribution is 5.04. The number of hydrogen-bond donors (Lipinski definition) is 1. The summed E-state index contributed by atoms with van der Waals surface area (Å²) < 4.78 is 16.3. The lowest BCUT2D eigenvalue weighted by molar-refractivity contribution is 0.0399. The first kappa shape index (κ1) is 14.4. The second kappa shape index (κ2) is 6.45. The van der Waals surface area contributed by atoms with Crippen LogP contribution < -0.4 is 5.73 Å². The van der Waals surface area contributed by atoms with Gasteiger partial charge in [0.1, 0.15) is 11.6 Å². The smallest absolute Gasteiger partial charge is 0.247 e. The van der Waals surface area contributed by atoms with E-state index in [1.54, 1.807) is 0 Å². The minimum absolute atomic E-state index is 0.101. The van der Waals surface area contributed by atoms with Crippen LogP contribution in [0.3, 0.4) is 0 Å². The highest BCUT2D eigenvalue weighted by atomic mass is 16.5. The number of nitrogens with zero attached hydrogens (tertiary/aromatic N) is 2. The summed E-state index contributed by atoms with van der Waals surface area (Å²) in [5.74, 6) is 1.11. The van der Waals surface area contributed by atoms with E-state index in [0.29, 0.717) is 44.4 Å². The lowest BCUT2D eigenvalue weighted by Crippen LogP contribution is -2.42. The molecule has 108 valence electrons. The van der Waals surface area contributed by atoms with Gasteiger partial charge in [-0.1, -0.05) is 18.5 Å². The first-order chi connectivity index (χ1) is 9.19. The molecule has 1 aromatic heterocycles. The van der Waals surface area contributed by atoms with Crippen molar-refractivity contribution in [3.8, 4) is 0 Å². The van der Waals surface area contributed by atoms with Crippen LogP contribution in [0.1, 0.15) is 57.3 Å². The Morgan fingerprint density at radius 3 is 2.74 bits per heavy atom. The quantitative estimate of drug-likeness (QED) is 0.849. The average Bonchev–Trinajstić information content (AvgIpc) is 2.90. The van der Waals surface area contributed by atoms with Crippen LogP contribution >= 0.6 is 0 Å². The van der Waals surface area contributed by atoms with Crippen LogP contribution in [0.15, 0.2) is 4.52 Å². The number of ether oxygens (including phenoxy) is 2. The Kier molecular flexibility index (Phi) is 4.90. The van der Waals surface area contributed by atoms with Crippen LogP contribution in [-0.4, -0.2) is 30.0 Å². The zero-order chi connectivity index (χ0) is 13.7. The monoisotopic (exact) mass is 269 g/mol. The molecule has 1 fully saturated rings. The topological polar surface area (TPSA) is 83.4 Å². The van der Waals surface area contributed by atoms with Crippen molar-refractivity contribution in [1.82, 2.24) is 10.1 Å². The van der Waals surface area contributed by atoms with E-state index in [1.165, 1.54) is 0 Å². The van der Waals surface area contributed by atoms with Crippen molar-refractivity contribution in [2.24, 2.45) is 5.73 Å². The SMILES string of the molecule is CCCC(OCC)c1noc(C2(N)CCOCC2)n1. The molecule has 1 saturated heterocycles. The number of aromatic nitrogens is 2. The minimum Gasteiger partial charge on any atom is -0.381 e. The van der Waals surface area contributed by atoms with E-state index in [4.69, 9.17) is 19.7 Å². The highest BCUT2D eigenvalue weighted by Crippen LogP contribution is 2.29. The molecule has 6 heteroatoms. The molecule has 1 aromatic rings. The van der Waals surface area contributed by atoms with Gasteiger partial charge in [0, 0.05) is 19.8 Å². The normalized spacial score (nSPS) is 20.4. The fourth-order valence-electron chi connectivity index (χ4n) is 2.27. The molecule has 0 aromatic carbocycles. The Labute approximate surface area is 113 Å². The summed E-state index contributed by atoms with van der Waals surface area (Å²) in [5.41, 5.74) is 5.78. The molecule has 1 unspecified atom stereocenters. The zero-order valence-electron chi connectivity index (χ0n) is 11.7. The summed E-state index contributed by atoms with van der Waals surface area (Å²) >= 11 is 0. The molecule has 2 rings (SSSR count). The number of hydrogen-bond acceptors (Lipinski definition) is 6. The van der Waals surface area contributed by atoms with Gasteiger partial charge in [-0.05, 0) is 26.2 Å². The summed E-state index contributed by atoms with van der Waals surface area (Å²) in [6.45, 7) is 5.98. The van der Waals surface area contributed by atoms with Gasteiger partial charge < -0.3 is 19.7 Å². The van der Waals surface area contributed by atoms with Crippen LogP contribution in [0.25, 0.3) is 0 Å². The van der Waals surface area contributed by atoms with E-state index in [-0.39, 0.29) is 6.10 Å². The maximum absolute atomic E-state index is 6.32. The molecular weight excluding hydrogens is 246 g/mol. The minimum atomic E-state index is -0.549. The van der Waals surface area contributed by atoms with Crippen molar-refractivity contribution in [2.75, 3.05) is 19.8 Å². The largest absolute Gasteiger partial charge is 0.381 e. The second-order valence-corrected chi connectivity index (χ2v) is 4.96. The third kappa shape index (κ3) is 3.32. The molecule has 0 radical (unpaired) electrons. The summed E-state index contributed by atoms with van der Waals surface area (Å²) in [6, 6.07) is 0. The first-order valence-electron chi connectivity index (χ1n) is 7.02. The van der Waals surface area contributed by atoms with Crippen molar-refractivity contribution in [3.05, 3.63) is 11.7 Å². The second-order valence-electron chi connectivity index (χ2n) is 4.96. The van der Waals surface area contributed by atoms with Gasteiger partial charge in [0.05, 0.1) is 0 Å². The molecule has 19 heavy (non-hydrogen) atoms. The zero-order valence-corrected chi connectivity index (χ0v) is 11.7. The van der Waals surface area contributed by atoms with Gasteiger partial charge in [0.15, 0.2) is 0 Å². The lowest BCUT2D eigenvalue weighted by Gasteiger charge is -2.29. The molecule has 0 bridgehead atoms. The molecule has 1 aliphatic heterocycles. The first-order valence-corrected chi connectivity index (χ1v) is 7.02. The van der Waals surface area contributed by atoms with Crippen molar-refractivity contribution in [2.45, 2.75) is 51.2 Å². The van der Waals surface area contributed by atoms with E-state index in [1.807, 2.05) is 6.92 Å². The molecule has 0 aliphatic carbocycles. The van der Waals surface area contributed by atoms with Crippen molar-refractivity contribution in [3.63, 3.8) is 0 Å². The summed E-state index contributed by atoms with van der Waals surface area (Å²) in [7, 11) is 0. The van der Waals surface area contributed by atoms with E-state index in [9.17, 15) is 0 Å². The maximum Gasteiger partial charge on any atom is 0.247 e. The van der Waals surface area contributed by atoms with E-state index in [2.05, 4.69) is 17.1 Å². The van der Waals surface area contributed by atoms with Gasteiger partial charge in [0.25, 0.3) is 0 Å². The van der Waals surface area contributed by atoms with Gasteiger partial charge in [-0.25, -0.2) is 0 Å². The Morgan fingerprint density at radius 2 is 2.11 bits per heavy atom. The predicted molar refractivity (Wildman–Crippen MR) is 69.5 cm³/mol. The Morgan fingerprint density at radius 1 is 1.37 bits per heavy atom. The summed E-state index contributed by atoms with van der Waals surface area (Å²) in [5, 5.41) is 4.04. The number of rotatable bonds is 6. The molecule has 1 atom stereocenters.